The van der Waals surface area contributed by atoms with Crippen molar-refractivity contribution in [2.45, 2.75) is 6.92 Å². The van der Waals surface area contributed by atoms with Crippen LogP contribution in [-0.2, 0) is 19.5 Å². The molecule has 72 valence electrons. The molecule has 1 N–H and O–H groups in total. The van der Waals surface area contributed by atoms with Crippen molar-refractivity contribution in [3.63, 3.8) is 0 Å². The summed E-state index contributed by atoms with van der Waals surface area (Å²) in [7, 11) is 0. The summed E-state index contributed by atoms with van der Waals surface area (Å²) in [6.45, 7) is 2.20. The van der Waals surface area contributed by atoms with Gasteiger partial charge in [0.2, 0.25) is 0 Å². The predicted molar refractivity (Wildman–Crippen MR) is 49.6 cm³/mol. The van der Waals surface area contributed by atoms with Gasteiger partial charge in [0.25, 0.3) is 0 Å². The molecule has 1 rings (SSSR count). The quantitative estimate of drug-likeness (QED) is 0.854. The number of carboxylic acid groups (broad SMARTS) is 1. The van der Waals surface area contributed by atoms with Gasteiger partial charge in [-0.3, -0.25) is 0 Å². The van der Waals surface area contributed by atoms with E-state index in [2.05, 4.69) is 0 Å². The van der Waals surface area contributed by atoms with Gasteiger partial charge in [0.05, 0.1) is 6.61 Å². The van der Waals surface area contributed by atoms with Gasteiger partial charge >= 0.3 is 5.97 Å². The molecule has 0 amide bonds. The summed E-state index contributed by atoms with van der Waals surface area (Å²) in [6.07, 6.45) is 0. The van der Waals surface area contributed by atoms with Crippen molar-refractivity contribution in [1.82, 2.24) is 0 Å². The van der Waals surface area contributed by atoms with Gasteiger partial charge in [0.1, 0.15) is 11.3 Å². The van der Waals surface area contributed by atoms with Gasteiger partial charge in [0.15, 0.2) is 0 Å². The van der Waals surface area contributed by atoms with Gasteiger partial charge in [-0.1, -0.05) is 11.6 Å². The summed E-state index contributed by atoms with van der Waals surface area (Å²) < 4.78 is 5.11. The first kappa shape index (κ1) is 13.4. The minimum atomic E-state index is -1.01. The second-order valence-electron chi connectivity index (χ2n) is 2.38. The number of hydrogen-bond donors (Lipinski definition) is 1. The number of rotatable bonds is 3. The van der Waals surface area contributed by atoms with Crippen molar-refractivity contribution in [3.05, 3.63) is 28.8 Å². The van der Waals surface area contributed by atoms with Gasteiger partial charge in [-0.25, -0.2) is 4.79 Å². The third-order valence-corrected chi connectivity index (χ3v) is 1.71. The zero-order chi connectivity index (χ0) is 9.84. The molecule has 3 nitrogen and oxygen atoms in total. The fraction of sp³-hybridized carbons (Fsp3) is 0.222. The van der Waals surface area contributed by atoms with Crippen LogP contribution < -0.4 is 4.74 Å². The summed E-state index contributed by atoms with van der Waals surface area (Å²) in [6, 6.07) is 4.44. The Balaban J connectivity index is 0.00000169. The van der Waals surface area contributed by atoms with Crippen molar-refractivity contribution in [3.8, 4) is 5.75 Å². The number of ether oxygens (including phenoxy) is 1. The number of benzene rings is 1. The molecule has 0 atom stereocenters. The Labute approximate surface area is 99.8 Å². The van der Waals surface area contributed by atoms with Crippen LogP contribution in [0.3, 0.4) is 0 Å². The summed E-state index contributed by atoms with van der Waals surface area (Å²) >= 11 is 5.68. The third kappa shape index (κ3) is 3.28. The molecule has 0 heterocycles. The van der Waals surface area contributed by atoms with E-state index in [4.69, 9.17) is 21.4 Å². The molecule has 0 bridgehead atoms. The average Bonchev–Trinajstić information content (AvgIpc) is 2.04. The maximum Gasteiger partial charge on any atom is 0.339 e. The van der Waals surface area contributed by atoms with E-state index in [-0.39, 0.29) is 25.0 Å². The van der Waals surface area contributed by atoms with Crippen LogP contribution in [0.25, 0.3) is 0 Å². The molecule has 0 saturated carbocycles. The van der Waals surface area contributed by atoms with E-state index in [9.17, 15) is 4.79 Å². The topological polar surface area (TPSA) is 46.5 Å². The molecule has 0 aliphatic carbocycles. The number of halogens is 1. The van der Waals surface area contributed by atoms with Gasteiger partial charge in [-0.05, 0) is 25.1 Å². The molecule has 5 heteroatoms. The van der Waals surface area contributed by atoms with Crippen molar-refractivity contribution >= 4 is 17.6 Å². The standard InChI is InChI=1S/C9H9ClO3.Zn/c1-2-13-8-5-6(10)3-4-7(8)9(11)12;/h3-5H,2H2,1H3,(H,11,12);. The normalized spacial score (nSPS) is 9.00. The molecule has 0 aliphatic heterocycles. The molecule has 14 heavy (non-hydrogen) atoms. The maximum absolute atomic E-state index is 10.7. The first-order valence-electron chi connectivity index (χ1n) is 3.80. The Morgan fingerprint density at radius 3 is 2.71 bits per heavy atom. The minimum absolute atomic E-state index is 0. The van der Waals surface area contributed by atoms with E-state index < -0.39 is 5.97 Å². The molecule has 0 aliphatic rings. The van der Waals surface area contributed by atoms with Gasteiger partial charge in [0, 0.05) is 24.5 Å². The van der Waals surface area contributed by atoms with Gasteiger partial charge in [-0.2, -0.15) is 0 Å². The second kappa shape index (κ2) is 5.99. The largest absolute Gasteiger partial charge is 0.493 e. The summed E-state index contributed by atoms with van der Waals surface area (Å²) in [5.74, 6) is -0.706. The van der Waals surface area contributed by atoms with Crippen LogP contribution in [0.5, 0.6) is 5.75 Å². The van der Waals surface area contributed by atoms with Crippen LogP contribution in [-0.4, -0.2) is 17.7 Å². The van der Waals surface area contributed by atoms with Crippen molar-refractivity contribution in [1.29, 1.82) is 0 Å². The van der Waals surface area contributed by atoms with Crippen LogP contribution in [0.4, 0.5) is 0 Å². The Hall–Kier alpha value is -0.597. The Morgan fingerprint density at radius 1 is 1.57 bits per heavy atom. The molecular weight excluding hydrogens is 257 g/mol. The monoisotopic (exact) mass is 264 g/mol. The number of carboxylic acids is 1. The van der Waals surface area contributed by atoms with Crippen LogP contribution >= 0.6 is 11.6 Å². The van der Waals surface area contributed by atoms with E-state index >= 15 is 0 Å². The molecule has 0 saturated heterocycles. The van der Waals surface area contributed by atoms with Gasteiger partial charge < -0.3 is 9.84 Å². The zero-order valence-electron chi connectivity index (χ0n) is 7.79. The van der Waals surface area contributed by atoms with Crippen LogP contribution in [0, 0.1) is 0 Å². The molecule has 1 aromatic carbocycles. The second-order valence-corrected chi connectivity index (χ2v) is 2.82. The van der Waals surface area contributed by atoms with Gasteiger partial charge in [-0.15, -0.1) is 0 Å². The summed E-state index contributed by atoms with van der Waals surface area (Å²) in [4.78, 5) is 10.7. The van der Waals surface area contributed by atoms with Crippen molar-refractivity contribution in [2.75, 3.05) is 6.61 Å². The average molecular weight is 266 g/mol. The molecule has 0 spiro atoms. The predicted octanol–water partition coefficient (Wildman–Crippen LogP) is 2.43. The van der Waals surface area contributed by atoms with E-state index in [0.717, 1.165) is 0 Å². The van der Waals surface area contributed by atoms with E-state index in [0.29, 0.717) is 17.4 Å². The van der Waals surface area contributed by atoms with Crippen LogP contribution in [0.15, 0.2) is 18.2 Å². The molecule has 0 radical (unpaired) electrons. The summed E-state index contributed by atoms with van der Waals surface area (Å²) in [5.41, 5.74) is 0.131. The fourth-order valence-electron chi connectivity index (χ4n) is 0.948. The Bertz CT molecular complexity index is 328. The molecular formula is C9H9ClO3Zn. The summed E-state index contributed by atoms with van der Waals surface area (Å²) in [5, 5.41) is 9.23. The SMILES string of the molecule is CCOc1cc(Cl)ccc1C(=O)O.[Zn]. The Kier molecular flexibility index (Phi) is 5.74. The van der Waals surface area contributed by atoms with Crippen LogP contribution in [0.2, 0.25) is 5.02 Å². The molecule has 0 unspecified atom stereocenters. The van der Waals surface area contributed by atoms with Crippen molar-refractivity contribution in [2.24, 2.45) is 0 Å². The minimum Gasteiger partial charge on any atom is -0.493 e. The van der Waals surface area contributed by atoms with Crippen LogP contribution in [0.1, 0.15) is 17.3 Å². The van der Waals surface area contributed by atoms with Crippen molar-refractivity contribution < 1.29 is 34.1 Å². The van der Waals surface area contributed by atoms with E-state index in [1.54, 1.807) is 6.92 Å². The first-order chi connectivity index (χ1) is 6.15. The number of hydrogen-bond acceptors (Lipinski definition) is 2. The van der Waals surface area contributed by atoms with E-state index in [1.807, 2.05) is 0 Å². The maximum atomic E-state index is 10.7. The molecule has 0 fully saturated rings. The zero-order valence-corrected chi connectivity index (χ0v) is 11.5. The Morgan fingerprint density at radius 2 is 2.21 bits per heavy atom. The fourth-order valence-corrected chi connectivity index (χ4v) is 1.11. The third-order valence-electron chi connectivity index (χ3n) is 1.47. The smallest absolute Gasteiger partial charge is 0.339 e. The number of carbonyl (C=O) groups is 1. The van der Waals surface area contributed by atoms with E-state index in [1.165, 1.54) is 18.2 Å². The first-order valence-corrected chi connectivity index (χ1v) is 4.18. The molecule has 0 aromatic heterocycles. The number of aromatic carboxylic acids is 1. The molecule has 1 aromatic rings.